The highest BCUT2D eigenvalue weighted by atomic mass is 16.2. The molecule has 1 aliphatic carbocycles. The van der Waals surface area contributed by atoms with Crippen molar-refractivity contribution in [2.24, 2.45) is 0 Å². The van der Waals surface area contributed by atoms with Gasteiger partial charge in [0.1, 0.15) is 11.3 Å². The van der Waals surface area contributed by atoms with Crippen LogP contribution in [0.1, 0.15) is 61.1 Å². The Morgan fingerprint density at radius 1 is 1.21 bits per heavy atom. The summed E-state index contributed by atoms with van der Waals surface area (Å²) < 4.78 is 1.59. The van der Waals surface area contributed by atoms with Crippen LogP contribution in [0.3, 0.4) is 0 Å². The number of carbonyl (C=O) groups is 1. The van der Waals surface area contributed by atoms with E-state index in [2.05, 4.69) is 20.8 Å². The molecule has 28 heavy (non-hydrogen) atoms. The van der Waals surface area contributed by atoms with Gasteiger partial charge in [0.05, 0.1) is 0 Å². The third-order valence-corrected chi connectivity index (χ3v) is 5.15. The zero-order chi connectivity index (χ0) is 19.5. The normalized spacial score (nSPS) is 14.5. The number of aromatic amines is 1. The maximum atomic E-state index is 12.5. The maximum absolute atomic E-state index is 12.5. The Kier molecular flexibility index (Phi) is 5.10. The minimum atomic E-state index is -0.379. The molecule has 2 aromatic heterocycles. The fourth-order valence-corrected chi connectivity index (χ4v) is 3.73. The van der Waals surface area contributed by atoms with E-state index < -0.39 is 0 Å². The van der Waals surface area contributed by atoms with Gasteiger partial charge in [0, 0.05) is 18.0 Å². The molecule has 0 atom stereocenters. The number of hydrogen-bond acceptors (Lipinski definition) is 5. The van der Waals surface area contributed by atoms with E-state index in [1.807, 2.05) is 13.0 Å². The predicted molar refractivity (Wildman–Crippen MR) is 107 cm³/mol. The highest BCUT2D eigenvalue weighted by Gasteiger charge is 2.23. The van der Waals surface area contributed by atoms with Crippen LogP contribution in [0.5, 0.6) is 0 Å². The monoisotopic (exact) mass is 380 g/mol. The molecule has 1 amide bonds. The number of aromatic nitrogens is 4. The zero-order valence-electron chi connectivity index (χ0n) is 15.9. The fraction of sp³-hybridized carbons (Fsp3) is 0.400. The van der Waals surface area contributed by atoms with Gasteiger partial charge in [-0.3, -0.25) is 20.2 Å². The van der Waals surface area contributed by atoms with E-state index in [-0.39, 0.29) is 17.4 Å². The summed E-state index contributed by atoms with van der Waals surface area (Å²) >= 11 is 0. The third-order valence-electron chi connectivity index (χ3n) is 5.15. The van der Waals surface area contributed by atoms with Gasteiger partial charge < -0.3 is 4.98 Å². The molecule has 2 heterocycles. The van der Waals surface area contributed by atoms with E-state index in [0.717, 1.165) is 25.1 Å². The summed E-state index contributed by atoms with van der Waals surface area (Å²) in [5.74, 6) is 1.25. The molecular formula is C20H24N6O2. The fourth-order valence-electron chi connectivity index (χ4n) is 3.73. The number of benzene rings is 1. The summed E-state index contributed by atoms with van der Waals surface area (Å²) in [5.41, 5.74) is 6.78. The summed E-state index contributed by atoms with van der Waals surface area (Å²) in [7, 11) is 0. The molecule has 0 aliphatic heterocycles. The van der Waals surface area contributed by atoms with E-state index in [1.165, 1.54) is 12.8 Å². The lowest BCUT2D eigenvalue weighted by molar-refractivity contribution is 0.0962. The molecule has 3 N–H and O–H groups in total. The molecule has 0 spiro atoms. The van der Waals surface area contributed by atoms with Gasteiger partial charge in [0.25, 0.3) is 5.91 Å². The lowest BCUT2D eigenvalue weighted by Gasteiger charge is -2.10. The van der Waals surface area contributed by atoms with Crippen LogP contribution in [-0.4, -0.2) is 25.4 Å². The number of amides is 1. The summed E-state index contributed by atoms with van der Waals surface area (Å²) in [4.78, 5) is 37.1. The molecule has 4 rings (SSSR count). The zero-order valence-corrected chi connectivity index (χ0v) is 15.9. The van der Waals surface area contributed by atoms with Gasteiger partial charge in [0.15, 0.2) is 11.5 Å². The number of hydrazine groups is 1. The van der Waals surface area contributed by atoms with E-state index in [9.17, 15) is 9.59 Å². The number of aryl methyl sites for hydroxylation is 1. The first-order valence-electron chi connectivity index (χ1n) is 9.79. The van der Waals surface area contributed by atoms with Crippen molar-refractivity contribution < 1.29 is 4.79 Å². The summed E-state index contributed by atoms with van der Waals surface area (Å²) in [6.45, 7) is 2.56. The first-order chi connectivity index (χ1) is 13.7. The van der Waals surface area contributed by atoms with E-state index in [0.29, 0.717) is 29.2 Å². The van der Waals surface area contributed by atoms with Gasteiger partial charge in [-0.05, 0) is 31.4 Å². The number of fused-ring (bicyclic) bond motifs is 1. The molecule has 1 saturated carbocycles. The minimum Gasteiger partial charge on any atom is -0.337 e. The number of nitrogens with one attached hydrogen (secondary N) is 3. The maximum Gasteiger partial charge on any atom is 0.351 e. The second kappa shape index (κ2) is 7.84. The SMILES string of the molecule is CCCn1c(=O)nc(NNC(=O)c2ccccc2)c2[nH]c(C3CCCC3)nc21. The van der Waals surface area contributed by atoms with E-state index >= 15 is 0 Å². The topological polar surface area (TPSA) is 105 Å². The van der Waals surface area contributed by atoms with E-state index in [4.69, 9.17) is 4.98 Å². The van der Waals surface area contributed by atoms with Crippen LogP contribution in [-0.2, 0) is 6.54 Å². The number of imidazole rings is 1. The third kappa shape index (κ3) is 3.49. The van der Waals surface area contributed by atoms with Crippen LogP contribution in [0.25, 0.3) is 11.2 Å². The van der Waals surface area contributed by atoms with Crippen molar-refractivity contribution in [3.63, 3.8) is 0 Å². The summed E-state index contributed by atoms with van der Waals surface area (Å²) in [5, 5.41) is 0. The molecule has 3 aromatic rings. The molecule has 8 nitrogen and oxygen atoms in total. The number of hydrogen-bond donors (Lipinski definition) is 3. The number of rotatable bonds is 6. The summed E-state index contributed by atoms with van der Waals surface area (Å²) in [6, 6.07) is 8.86. The van der Waals surface area contributed by atoms with Crippen LogP contribution in [0.2, 0.25) is 0 Å². The molecule has 1 aliphatic rings. The highest BCUT2D eigenvalue weighted by molar-refractivity contribution is 5.95. The second-order valence-electron chi connectivity index (χ2n) is 7.14. The molecule has 8 heteroatoms. The number of carbonyl (C=O) groups excluding carboxylic acids is 1. The average molecular weight is 380 g/mol. The Hall–Kier alpha value is -3.16. The Labute approximate surface area is 162 Å². The largest absolute Gasteiger partial charge is 0.351 e. The van der Waals surface area contributed by atoms with Gasteiger partial charge in [-0.25, -0.2) is 9.78 Å². The Morgan fingerprint density at radius 2 is 1.96 bits per heavy atom. The van der Waals surface area contributed by atoms with Crippen molar-refractivity contribution in [1.29, 1.82) is 0 Å². The van der Waals surface area contributed by atoms with Gasteiger partial charge >= 0.3 is 5.69 Å². The van der Waals surface area contributed by atoms with Gasteiger partial charge in [-0.1, -0.05) is 38.0 Å². The number of nitrogens with zero attached hydrogens (tertiary/aromatic N) is 3. The van der Waals surface area contributed by atoms with Crippen molar-refractivity contribution >= 4 is 22.9 Å². The lowest BCUT2D eigenvalue weighted by Crippen LogP contribution is -2.32. The Morgan fingerprint density at radius 3 is 2.68 bits per heavy atom. The van der Waals surface area contributed by atoms with Crippen molar-refractivity contribution in [3.05, 3.63) is 52.2 Å². The summed E-state index contributed by atoms with van der Waals surface area (Å²) in [6.07, 6.45) is 5.39. The predicted octanol–water partition coefficient (Wildman–Crippen LogP) is 2.94. The molecule has 0 bridgehead atoms. The van der Waals surface area contributed by atoms with Gasteiger partial charge in [-0.2, -0.15) is 4.98 Å². The molecule has 0 saturated heterocycles. The van der Waals surface area contributed by atoms with E-state index in [1.54, 1.807) is 28.8 Å². The lowest BCUT2D eigenvalue weighted by atomic mass is 10.1. The molecule has 1 aromatic carbocycles. The smallest absolute Gasteiger partial charge is 0.337 e. The molecular weight excluding hydrogens is 356 g/mol. The van der Waals surface area contributed by atoms with Gasteiger partial charge in [0.2, 0.25) is 0 Å². The number of H-pyrrole nitrogens is 1. The van der Waals surface area contributed by atoms with Crippen LogP contribution in [0, 0.1) is 0 Å². The average Bonchev–Trinajstić information content (AvgIpc) is 3.39. The van der Waals surface area contributed by atoms with Crippen LogP contribution in [0.4, 0.5) is 5.82 Å². The molecule has 0 unspecified atom stereocenters. The molecule has 1 fully saturated rings. The molecule has 0 radical (unpaired) electrons. The quantitative estimate of drug-likeness (QED) is 0.570. The second-order valence-corrected chi connectivity index (χ2v) is 7.14. The van der Waals surface area contributed by atoms with Crippen LogP contribution in [0.15, 0.2) is 35.1 Å². The van der Waals surface area contributed by atoms with Crippen LogP contribution >= 0.6 is 0 Å². The van der Waals surface area contributed by atoms with Crippen molar-refractivity contribution in [2.75, 3.05) is 5.43 Å². The van der Waals surface area contributed by atoms with Gasteiger partial charge in [-0.15, -0.1) is 0 Å². The standard InChI is InChI=1S/C20H24N6O2/c1-2-12-26-18-15(21-16(22-18)13-8-6-7-9-13)17(23-20(26)28)24-25-19(27)14-10-4-3-5-11-14/h3-5,10-11,13H,2,6-9,12H2,1H3,(H,21,22)(H,25,27)(H,23,24,28). The van der Waals surface area contributed by atoms with Crippen LogP contribution < -0.4 is 16.5 Å². The number of anilines is 1. The van der Waals surface area contributed by atoms with Crippen molar-refractivity contribution in [1.82, 2.24) is 24.9 Å². The van der Waals surface area contributed by atoms with Crippen molar-refractivity contribution in [3.8, 4) is 0 Å². The Balaban J connectivity index is 1.68. The first kappa shape index (κ1) is 18.2. The minimum absolute atomic E-state index is 0.286. The first-order valence-corrected chi connectivity index (χ1v) is 9.79. The Bertz CT molecular complexity index is 1030. The highest BCUT2D eigenvalue weighted by Crippen LogP contribution is 2.33. The molecule has 146 valence electrons. The van der Waals surface area contributed by atoms with Crippen molar-refractivity contribution in [2.45, 2.75) is 51.5 Å².